The first kappa shape index (κ1) is 11.3. The van der Waals surface area contributed by atoms with Gasteiger partial charge in [0.05, 0.1) is 7.11 Å². The Labute approximate surface area is 107 Å². The first-order chi connectivity index (χ1) is 8.73. The van der Waals surface area contributed by atoms with E-state index >= 15 is 0 Å². The smallest absolute Gasteiger partial charge is 0.126 e. The maximum atomic E-state index is 6.18. The van der Waals surface area contributed by atoms with E-state index in [2.05, 4.69) is 30.3 Å². The van der Waals surface area contributed by atoms with E-state index in [4.69, 9.17) is 10.5 Å². The van der Waals surface area contributed by atoms with E-state index in [-0.39, 0.29) is 5.54 Å². The van der Waals surface area contributed by atoms with Crippen LogP contribution in [0, 0.1) is 6.07 Å². The fourth-order valence-electron chi connectivity index (χ4n) is 2.22. The summed E-state index contributed by atoms with van der Waals surface area (Å²) < 4.78 is 5.36. The van der Waals surface area contributed by atoms with Crippen molar-refractivity contribution in [2.45, 2.75) is 18.4 Å². The summed E-state index contributed by atoms with van der Waals surface area (Å²) in [6, 6.07) is 17.3. The number of rotatable bonds is 3. The fourth-order valence-corrected chi connectivity index (χ4v) is 2.22. The molecule has 1 aliphatic rings. The van der Waals surface area contributed by atoms with Crippen molar-refractivity contribution in [3.05, 3.63) is 54.1 Å². The predicted molar refractivity (Wildman–Crippen MR) is 72.4 cm³/mol. The zero-order valence-corrected chi connectivity index (χ0v) is 10.4. The van der Waals surface area contributed by atoms with Crippen molar-refractivity contribution in [3.63, 3.8) is 0 Å². The second-order valence-electron chi connectivity index (χ2n) is 4.86. The van der Waals surface area contributed by atoms with Gasteiger partial charge in [0.25, 0.3) is 0 Å². The van der Waals surface area contributed by atoms with Gasteiger partial charge in [0.1, 0.15) is 5.75 Å². The molecule has 18 heavy (non-hydrogen) atoms. The number of nitrogens with two attached hydrogens (primary N) is 1. The standard InChI is InChI=1S/C16H16NO/c1-18-15-5-3-2-4-14(15)12-6-8-13(9-7-12)16(17)10-11-16/h3-9H,10-11,17H2,1H3. The van der Waals surface area contributed by atoms with E-state index in [0.717, 1.165) is 29.7 Å². The quantitative estimate of drug-likeness (QED) is 0.891. The minimum absolute atomic E-state index is 0.0641. The first-order valence-corrected chi connectivity index (χ1v) is 6.17. The second-order valence-corrected chi connectivity index (χ2v) is 4.86. The molecule has 0 amide bonds. The Hall–Kier alpha value is -1.80. The summed E-state index contributed by atoms with van der Waals surface area (Å²) in [5.74, 6) is 0.871. The van der Waals surface area contributed by atoms with Crippen molar-refractivity contribution in [1.29, 1.82) is 0 Å². The first-order valence-electron chi connectivity index (χ1n) is 6.17. The highest BCUT2D eigenvalue weighted by molar-refractivity contribution is 5.70. The molecule has 0 atom stereocenters. The lowest BCUT2D eigenvalue weighted by Crippen LogP contribution is -2.18. The average Bonchev–Trinajstić information content (AvgIpc) is 3.18. The highest BCUT2D eigenvalue weighted by Crippen LogP contribution is 2.43. The third kappa shape index (κ3) is 1.89. The van der Waals surface area contributed by atoms with Crippen LogP contribution in [0.3, 0.4) is 0 Å². The molecule has 0 bridgehead atoms. The Bertz CT molecular complexity index is 556. The summed E-state index contributed by atoms with van der Waals surface area (Å²) in [5, 5.41) is 0. The topological polar surface area (TPSA) is 35.2 Å². The van der Waals surface area contributed by atoms with E-state index < -0.39 is 0 Å². The Balaban J connectivity index is 1.97. The average molecular weight is 238 g/mol. The van der Waals surface area contributed by atoms with Crippen molar-refractivity contribution in [2.75, 3.05) is 7.11 Å². The van der Waals surface area contributed by atoms with E-state index in [1.165, 1.54) is 5.56 Å². The van der Waals surface area contributed by atoms with Crippen LogP contribution in [0.25, 0.3) is 11.1 Å². The molecule has 0 aliphatic heterocycles. The Kier molecular flexibility index (Phi) is 2.60. The summed E-state index contributed by atoms with van der Waals surface area (Å²) in [4.78, 5) is 0. The molecule has 1 radical (unpaired) electrons. The van der Waals surface area contributed by atoms with Gasteiger partial charge in [-0.15, -0.1) is 0 Å². The molecule has 2 nitrogen and oxygen atoms in total. The SMILES string of the molecule is COc1cc[c]cc1-c1ccc(C2(N)CC2)cc1. The van der Waals surface area contributed by atoms with Crippen LogP contribution in [0.4, 0.5) is 0 Å². The molecular weight excluding hydrogens is 222 g/mol. The van der Waals surface area contributed by atoms with Gasteiger partial charge in [0, 0.05) is 11.1 Å². The van der Waals surface area contributed by atoms with Crippen LogP contribution >= 0.6 is 0 Å². The summed E-state index contributed by atoms with van der Waals surface area (Å²) >= 11 is 0. The number of methoxy groups -OCH3 is 1. The second kappa shape index (κ2) is 4.14. The normalized spacial score (nSPS) is 16.3. The van der Waals surface area contributed by atoms with Crippen molar-refractivity contribution < 1.29 is 4.74 Å². The number of hydrogen-bond acceptors (Lipinski definition) is 2. The molecule has 0 spiro atoms. The molecule has 3 rings (SSSR count). The highest BCUT2D eigenvalue weighted by Gasteiger charge is 2.39. The van der Waals surface area contributed by atoms with Crippen molar-refractivity contribution >= 4 is 0 Å². The Morgan fingerprint density at radius 2 is 1.89 bits per heavy atom. The molecule has 91 valence electrons. The van der Waals surface area contributed by atoms with Gasteiger partial charge in [-0.25, -0.2) is 0 Å². The molecule has 2 aromatic rings. The minimum Gasteiger partial charge on any atom is -0.496 e. The van der Waals surface area contributed by atoms with Gasteiger partial charge >= 0.3 is 0 Å². The molecule has 2 N–H and O–H groups in total. The molecule has 1 saturated carbocycles. The number of hydrogen-bond donors (Lipinski definition) is 1. The number of ether oxygens (including phenoxy) is 1. The summed E-state index contributed by atoms with van der Waals surface area (Å²) in [5.41, 5.74) is 9.54. The van der Waals surface area contributed by atoms with Crippen LogP contribution in [-0.4, -0.2) is 7.11 Å². The van der Waals surface area contributed by atoms with E-state index in [1.54, 1.807) is 7.11 Å². The lowest BCUT2D eigenvalue weighted by molar-refractivity contribution is 0.416. The van der Waals surface area contributed by atoms with Gasteiger partial charge in [-0.05, 0) is 42.2 Å². The van der Waals surface area contributed by atoms with Crippen LogP contribution in [0.2, 0.25) is 0 Å². The van der Waals surface area contributed by atoms with E-state index in [1.807, 2.05) is 18.2 Å². The monoisotopic (exact) mass is 238 g/mol. The Morgan fingerprint density at radius 3 is 2.50 bits per heavy atom. The van der Waals surface area contributed by atoms with Gasteiger partial charge in [0.2, 0.25) is 0 Å². The Morgan fingerprint density at radius 1 is 1.17 bits per heavy atom. The maximum Gasteiger partial charge on any atom is 0.126 e. The lowest BCUT2D eigenvalue weighted by Gasteiger charge is -2.11. The molecule has 1 fully saturated rings. The van der Waals surface area contributed by atoms with Crippen LogP contribution in [0.5, 0.6) is 5.75 Å². The maximum absolute atomic E-state index is 6.18. The largest absolute Gasteiger partial charge is 0.496 e. The van der Waals surface area contributed by atoms with Crippen molar-refractivity contribution in [2.24, 2.45) is 5.73 Å². The van der Waals surface area contributed by atoms with Gasteiger partial charge in [-0.2, -0.15) is 0 Å². The highest BCUT2D eigenvalue weighted by atomic mass is 16.5. The molecule has 0 aromatic heterocycles. The molecule has 0 unspecified atom stereocenters. The zero-order valence-electron chi connectivity index (χ0n) is 10.4. The van der Waals surface area contributed by atoms with Gasteiger partial charge in [-0.1, -0.05) is 30.3 Å². The molecular formula is C16H16NO. The van der Waals surface area contributed by atoms with Crippen LogP contribution in [-0.2, 0) is 5.54 Å². The molecule has 1 aliphatic carbocycles. The van der Waals surface area contributed by atoms with E-state index in [9.17, 15) is 0 Å². The van der Waals surface area contributed by atoms with Crippen LogP contribution in [0.15, 0.2) is 42.5 Å². The van der Waals surface area contributed by atoms with Gasteiger partial charge < -0.3 is 10.5 Å². The molecule has 0 heterocycles. The van der Waals surface area contributed by atoms with Crippen molar-refractivity contribution in [3.8, 4) is 16.9 Å². The van der Waals surface area contributed by atoms with Crippen LogP contribution in [0.1, 0.15) is 18.4 Å². The summed E-state index contributed by atoms with van der Waals surface area (Å²) in [6.07, 6.45) is 2.18. The molecule has 0 saturated heterocycles. The lowest BCUT2D eigenvalue weighted by atomic mass is 9.99. The summed E-state index contributed by atoms with van der Waals surface area (Å²) in [7, 11) is 1.69. The zero-order chi connectivity index (χ0) is 12.6. The minimum atomic E-state index is -0.0641. The number of benzene rings is 2. The van der Waals surface area contributed by atoms with Crippen molar-refractivity contribution in [1.82, 2.24) is 0 Å². The third-order valence-electron chi connectivity index (χ3n) is 3.60. The van der Waals surface area contributed by atoms with Gasteiger partial charge in [-0.3, -0.25) is 0 Å². The molecule has 2 aromatic carbocycles. The van der Waals surface area contributed by atoms with Crippen LogP contribution < -0.4 is 10.5 Å². The van der Waals surface area contributed by atoms with E-state index in [0.29, 0.717) is 0 Å². The fraction of sp³-hybridized carbons (Fsp3) is 0.250. The van der Waals surface area contributed by atoms with Gasteiger partial charge in [0.15, 0.2) is 0 Å². The molecule has 2 heteroatoms. The predicted octanol–water partition coefficient (Wildman–Crippen LogP) is 3.11. The third-order valence-corrected chi connectivity index (χ3v) is 3.60. The summed E-state index contributed by atoms with van der Waals surface area (Å²) in [6.45, 7) is 0.